The number of ether oxygens (including phenoxy) is 1. The molecule has 154 valence electrons. The Hall–Kier alpha value is -2.28. The number of nitrogens with zero attached hydrogens (tertiary/aromatic N) is 2. The van der Waals surface area contributed by atoms with Gasteiger partial charge in [-0.05, 0) is 62.7 Å². The fourth-order valence-electron chi connectivity index (χ4n) is 4.21. The summed E-state index contributed by atoms with van der Waals surface area (Å²) in [6.45, 7) is 5.34. The molecule has 1 atom stereocenters. The van der Waals surface area contributed by atoms with Gasteiger partial charge in [-0.3, -0.25) is 10.6 Å². The van der Waals surface area contributed by atoms with Gasteiger partial charge in [0, 0.05) is 23.7 Å². The zero-order valence-electron chi connectivity index (χ0n) is 16.7. The number of fused-ring (bicyclic) bond motifs is 1. The third kappa shape index (κ3) is 4.20. The average Bonchev–Trinajstić information content (AvgIpc) is 2.71. The number of likely N-dealkylation sites (tertiary alicyclic amines) is 1. The van der Waals surface area contributed by atoms with Gasteiger partial charge in [0.2, 0.25) is 0 Å². The molecule has 2 aromatic rings. The van der Waals surface area contributed by atoms with E-state index in [1.54, 1.807) is 0 Å². The highest BCUT2D eigenvalue weighted by atomic mass is 35.5. The third-order valence-electron chi connectivity index (χ3n) is 5.75. The lowest BCUT2D eigenvalue weighted by molar-refractivity contribution is 0.137. The Bertz CT molecular complexity index is 910. The number of piperidine rings is 1. The Balaban J connectivity index is 1.40. The standard InChI is InChI=1S/C22H28ClN5O/c1-2-29-20-13-15(7-8-18(20)23)14-28-11-9-16(10-12-28)22(25)26-19-6-4-3-5-17(19)21(24)27-22/h3-8,13,16,26H,2,9-12,14,25H2,1H3,(H2,24,27). The SMILES string of the molecule is CCOc1cc(CN2CCC(C3(N)N=C(N)c4ccccc4N3)CC2)ccc1Cl. The summed E-state index contributed by atoms with van der Waals surface area (Å²) in [4.78, 5) is 7.07. The molecule has 5 N–H and O–H groups in total. The summed E-state index contributed by atoms with van der Waals surface area (Å²) in [5.74, 6) is 0.619. The molecule has 4 rings (SSSR count). The number of rotatable bonds is 5. The van der Waals surface area contributed by atoms with Crippen molar-refractivity contribution in [2.75, 3.05) is 25.0 Å². The molecule has 0 bridgehead atoms. The van der Waals surface area contributed by atoms with Crippen molar-refractivity contribution >= 4 is 23.1 Å². The van der Waals surface area contributed by atoms with Crippen molar-refractivity contribution in [1.29, 1.82) is 0 Å². The molecule has 0 saturated carbocycles. The van der Waals surface area contributed by atoms with Crippen LogP contribution in [0.15, 0.2) is 47.5 Å². The molecule has 0 spiro atoms. The van der Waals surface area contributed by atoms with E-state index >= 15 is 0 Å². The number of hydrogen-bond donors (Lipinski definition) is 3. The van der Waals surface area contributed by atoms with Crippen LogP contribution in [-0.2, 0) is 6.54 Å². The van der Waals surface area contributed by atoms with Crippen LogP contribution >= 0.6 is 11.6 Å². The van der Waals surface area contributed by atoms with Crippen LogP contribution in [0.2, 0.25) is 5.02 Å². The van der Waals surface area contributed by atoms with Crippen molar-refractivity contribution in [3.8, 4) is 5.75 Å². The Morgan fingerprint density at radius 1 is 1.24 bits per heavy atom. The van der Waals surface area contributed by atoms with Crippen LogP contribution in [0.5, 0.6) is 5.75 Å². The van der Waals surface area contributed by atoms with Crippen LogP contribution in [0.3, 0.4) is 0 Å². The normalized spacial score (nSPS) is 22.5. The summed E-state index contributed by atoms with van der Waals surface area (Å²) in [7, 11) is 0. The second-order valence-corrected chi connectivity index (χ2v) is 8.15. The zero-order valence-corrected chi connectivity index (χ0v) is 17.5. The molecule has 0 aromatic heterocycles. The van der Waals surface area contributed by atoms with Crippen LogP contribution < -0.4 is 21.5 Å². The zero-order chi connectivity index (χ0) is 20.4. The minimum atomic E-state index is -0.854. The lowest BCUT2D eigenvalue weighted by Crippen LogP contribution is -2.58. The van der Waals surface area contributed by atoms with Gasteiger partial charge in [-0.25, -0.2) is 4.99 Å². The average molecular weight is 414 g/mol. The number of hydrogen-bond acceptors (Lipinski definition) is 6. The van der Waals surface area contributed by atoms with Crippen LogP contribution in [0.4, 0.5) is 5.69 Å². The first-order chi connectivity index (χ1) is 14.0. The van der Waals surface area contributed by atoms with E-state index < -0.39 is 5.79 Å². The summed E-state index contributed by atoms with van der Waals surface area (Å²) in [5, 5.41) is 4.08. The van der Waals surface area contributed by atoms with Gasteiger partial charge in [0.15, 0.2) is 5.79 Å². The first-order valence-corrected chi connectivity index (χ1v) is 10.5. The maximum absolute atomic E-state index is 6.68. The van der Waals surface area contributed by atoms with Crippen molar-refractivity contribution in [2.45, 2.75) is 32.1 Å². The summed E-state index contributed by atoms with van der Waals surface area (Å²) >= 11 is 6.20. The Kier molecular flexibility index (Phi) is 5.67. The molecule has 1 saturated heterocycles. The first-order valence-electron chi connectivity index (χ1n) is 10.1. The molecule has 2 heterocycles. The first kappa shape index (κ1) is 20.0. The van der Waals surface area contributed by atoms with Gasteiger partial charge in [-0.1, -0.05) is 29.8 Å². The maximum Gasteiger partial charge on any atom is 0.187 e. The highest BCUT2D eigenvalue weighted by Crippen LogP contribution is 2.34. The summed E-state index contributed by atoms with van der Waals surface area (Å²) < 4.78 is 5.61. The van der Waals surface area contributed by atoms with Gasteiger partial charge < -0.3 is 15.8 Å². The predicted octanol–water partition coefficient (Wildman–Crippen LogP) is 3.39. The van der Waals surface area contributed by atoms with E-state index in [1.165, 1.54) is 5.56 Å². The second-order valence-electron chi connectivity index (χ2n) is 7.74. The highest BCUT2D eigenvalue weighted by Gasteiger charge is 2.39. The summed E-state index contributed by atoms with van der Waals surface area (Å²) in [6, 6.07) is 13.9. The molecule has 2 aliphatic heterocycles. The maximum atomic E-state index is 6.68. The lowest BCUT2D eigenvalue weighted by atomic mass is 9.88. The van der Waals surface area contributed by atoms with E-state index in [9.17, 15) is 0 Å². The molecule has 0 aliphatic carbocycles. The van der Waals surface area contributed by atoms with Crippen molar-refractivity contribution in [1.82, 2.24) is 4.90 Å². The molecule has 1 unspecified atom stereocenters. The number of benzene rings is 2. The molecular formula is C22H28ClN5O. The smallest absolute Gasteiger partial charge is 0.187 e. The number of amidine groups is 1. The van der Waals surface area contributed by atoms with E-state index in [1.807, 2.05) is 43.3 Å². The van der Waals surface area contributed by atoms with Gasteiger partial charge in [0.25, 0.3) is 0 Å². The molecule has 0 amide bonds. The van der Waals surface area contributed by atoms with Gasteiger partial charge in [0.05, 0.1) is 11.6 Å². The number of nitrogens with one attached hydrogen (secondary N) is 1. The quantitative estimate of drug-likeness (QED) is 0.699. The van der Waals surface area contributed by atoms with Crippen LogP contribution in [0, 0.1) is 5.92 Å². The predicted molar refractivity (Wildman–Crippen MR) is 118 cm³/mol. The van der Waals surface area contributed by atoms with Crippen LogP contribution in [0.1, 0.15) is 30.9 Å². The lowest BCUT2D eigenvalue weighted by Gasteiger charge is -2.43. The fourth-order valence-corrected chi connectivity index (χ4v) is 4.39. The Labute approximate surface area is 176 Å². The van der Waals surface area contributed by atoms with Crippen molar-refractivity contribution in [3.05, 3.63) is 58.6 Å². The number of anilines is 1. The number of nitrogens with two attached hydrogens (primary N) is 2. The van der Waals surface area contributed by atoms with E-state index in [0.717, 1.165) is 49.5 Å². The molecule has 7 heteroatoms. The highest BCUT2D eigenvalue weighted by molar-refractivity contribution is 6.32. The van der Waals surface area contributed by atoms with E-state index in [4.69, 9.17) is 27.8 Å². The van der Waals surface area contributed by atoms with Crippen molar-refractivity contribution in [2.24, 2.45) is 22.4 Å². The van der Waals surface area contributed by atoms with Crippen molar-refractivity contribution < 1.29 is 4.74 Å². The van der Waals surface area contributed by atoms with Gasteiger partial charge in [-0.15, -0.1) is 0 Å². The molecule has 6 nitrogen and oxygen atoms in total. The summed E-state index contributed by atoms with van der Waals surface area (Å²) in [5.41, 5.74) is 16.0. The number of aliphatic imine (C=N–C) groups is 1. The van der Waals surface area contributed by atoms with Gasteiger partial charge in [-0.2, -0.15) is 0 Å². The molecule has 0 radical (unpaired) electrons. The fraction of sp³-hybridized carbons (Fsp3) is 0.409. The topological polar surface area (TPSA) is 88.9 Å². The van der Waals surface area contributed by atoms with E-state index in [0.29, 0.717) is 17.5 Å². The number of halogens is 1. The minimum absolute atomic E-state index is 0.217. The molecule has 29 heavy (non-hydrogen) atoms. The number of para-hydroxylation sites is 1. The molecular weight excluding hydrogens is 386 g/mol. The van der Waals surface area contributed by atoms with Gasteiger partial charge >= 0.3 is 0 Å². The third-order valence-corrected chi connectivity index (χ3v) is 6.07. The summed E-state index contributed by atoms with van der Waals surface area (Å²) in [6.07, 6.45) is 1.91. The van der Waals surface area contributed by atoms with Gasteiger partial charge in [0.1, 0.15) is 11.6 Å². The molecule has 1 fully saturated rings. The Morgan fingerprint density at radius 2 is 2.00 bits per heavy atom. The van der Waals surface area contributed by atoms with Crippen molar-refractivity contribution in [3.63, 3.8) is 0 Å². The second kappa shape index (κ2) is 8.22. The van der Waals surface area contributed by atoms with E-state index in [-0.39, 0.29) is 5.92 Å². The largest absolute Gasteiger partial charge is 0.492 e. The van der Waals surface area contributed by atoms with Crippen LogP contribution in [0.25, 0.3) is 0 Å². The molecule has 2 aliphatic rings. The Morgan fingerprint density at radius 3 is 2.76 bits per heavy atom. The monoisotopic (exact) mass is 413 g/mol. The minimum Gasteiger partial charge on any atom is -0.492 e. The van der Waals surface area contributed by atoms with E-state index in [2.05, 4.69) is 21.3 Å². The van der Waals surface area contributed by atoms with Crippen LogP contribution in [-0.4, -0.2) is 36.2 Å². The molecule has 2 aromatic carbocycles.